The Labute approximate surface area is 86.1 Å². The van der Waals surface area contributed by atoms with E-state index < -0.39 is 19.0 Å². The third-order valence-corrected chi connectivity index (χ3v) is 1.49. The number of allylic oxidation sites excluding steroid dienone is 1. The van der Waals surface area contributed by atoms with E-state index >= 15 is 0 Å². The fraction of sp³-hybridized carbons (Fsp3) is 0.250. The van der Waals surface area contributed by atoms with E-state index in [-0.39, 0.29) is 6.42 Å². The van der Waals surface area contributed by atoms with Crippen molar-refractivity contribution in [2.45, 2.75) is 19.6 Å². The van der Waals surface area contributed by atoms with E-state index in [1.54, 1.807) is 6.08 Å². The molecule has 0 spiro atoms. The molecule has 0 aromatic heterocycles. The summed E-state index contributed by atoms with van der Waals surface area (Å²) in [6.45, 7) is -2.90. The molecule has 1 nitrogen and oxygen atoms in total. The molecule has 1 rings (SSSR count). The zero-order chi connectivity index (χ0) is 13.8. The lowest BCUT2D eigenvalue weighted by molar-refractivity contribution is -0.116. The van der Waals surface area contributed by atoms with Crippen LogP contribution in [0.2, 0.25) is 0 Å². The van der Waals surface area contributed by atoms with E-state index in [1.165, 1.54) is 6.08 Å². The quantitative estimate of drug-likeness (QED) is 0.694. The van der Waals surface area contributed by atoms with Gasteiger partial charge in [-0.15, -0.1) is 0 Å². The summed E-state index contributed by atoms with van der Waals surface area (Å²) in [5.41, 5.74) is 0.870. The van der Waals surface area contributed by atoms with Crippen LogP contribution in [0.4, 0.5) is 0 Å². The minimum atomic E-state index is -2.90. The minimum Gasteiger partial charge on any atom is -0.300 e. The first-order valence-corrected chi connectivity index (χ1v) is 4.00. The van der Waals surface area contributed by atoms with E-state index in [2.05, 4.69) is 0 Å². The lowest BCUT2D eigenvalue weighted by Crippen LogP contribution is -1.86. The largest absolute Gasteiger partial charge is 0.300 e. The molecule has 0 radical (unpaired) electrons. The van der Waals surface area contributed by atoms with E-state index in [1.807, 2.05) is 30.3 Å². The highest BCUT2D eigenvalue weighted by Gasteiger charge is 1.88. The number of carbonyl (C=O) groups excluding carboxylic acids is 1. The summed E-state index contributed by atoms with van der Waals surface area (Å²) in [7, 11) is 0. The van der Waals surface area contributed by atoms with E-state index in [0.717, 1.165) is 5.56 Å². The molecule has 0 aliphatic rings. The Bertz CT molecular complexity index is 434. The molecule has 1 aromatic carbocycles. The van der Waals surface area contributed by atoms with Crippen molar-refractivity contribution in [2.75, 3.05) is 0 Å². The van der Waals surface area contributed by atoms with E-state index in [0.29, 0.717) is 0 Å². The Morgan fingerprint density at radius 2 is 2.31 bits per heavy atom. The molecular formula is C12H14O. The topological polar surface area (TPSA) is 17.1 Å². The van der Waals surface area contributed by atoms with Gasteiger partial charge < -0.3 is 4.79 Å². The lowest BCUT2D eigenvalue weighted by atomic mass is 10.1. The van der Waals surface area contributed by atoms with Crippen molar-refractivity contribution < 1.29 is 11.6 Å². The van der Waals surface area contributed by atoms with Crippen LogP contribution in [0.1, 0.15) is 32.1 Å². The normalized spacial score (nSPS) is 18.3. The molecule has 0 aliphatic heterocycles. The van der Waals surface area contributed by atoms with Crippen LogP contribution in [0.3, 0.4) is 0 Å². The molecular weight excluding hydrogens is 160 g/mol. The van der Waals surface area contributed by atoms with Gasteiger partial charge in [-0.1, -0.05) is 42.5 Å². The first-order valence-electron chi connectivity index (χ1n) is 6.50. The molecule has 0 saturated heterocycles. The summed E-state index contributed by atoms with van der Waals surface area (Å²) >= 11 is 0. The highest BCUT2D eigenvalue weighted by Crippen LogP contribution is 2.02. The average molecular weight is 179 g/mol. The second kappa shape index (κ2) is 5.31. The molecule has 0 unspecified atom stereocenters. The number of hydrogen-bond donors (Lipinski definition) is 0. The molecule has 0 heterocycles. The fourth-order valence-electron chi connectivity index (χ4n) is 0.911. The predicted octanol–water partition coefficient (Wildman–Crippen LogP) is 3.07. The number of rotatable bonds is 4. The summed E-state index contributed by atoms with van der Waals surface area (Å²) in [6, 6.07) is 9.19. The third kappa shape index (κ3) is 4.26. The van der Waals surface area contributed by atoms with Crippen LogP contribution in [0.15, 0.2) is 36.4 Å². The maximum Gasteiger partial charge on any atom is 0.130 e. The maximum atomic E-state index is 11.4. The summed E-state index contributed by atoms with van der Waals surface area (Å²) in [5, 5.41) is 0. The Kier molecular flexibility index (Phi) is 1.94. The van der Waals surface area contributed by atoms with Gasteiger partial charge in [0, 0.05) is 13.2 Å². The van der Waals surface area contributed by atoms with Crippen molar-refractivity contribution in [1.82, 2.24) is 0 Å². The molecule has 0 atom stereocenters. The highest BCUT2D eigenvalue weighted by molar-refractivity contribution is 5.75. The molecule has 68 valence electrons. The fourth-order valence-corrected chi connectivity index (χ4v) is 0.911. The van der Waals surface area contributed by atoms with Crippen molar-refractivity contribution in [3.05, 3.63) is 42.0 Å². The summed E-state index contributed by atoms with van der Waals surface area (Å²) in [6.07, 6.45) is 0.513. The first-order chi connectivity index (χ1) is 8.23. The molecule has 1 aromatic rings. The molecule has 0 fully saturated rings. The van der Waals surface area contributed by atoms with Crippen LogP contribution in [0.25, 0.3) is 6.08 Å². The van der Waals surface area contributed by atoms with Gasteiger partial charge in [0.2, 0.25) is 0 Å². The predicted molar refractivity (Wildman–Crippen MR) is 55.4 cm³/mol. The van der Waals surface area contributed by atoms with Gasteiger partial charge in [0.1, 0.15) is 5.78 Å². The van der Waals surface area contributed by atoms with E-state index in [9.17, 15) is 4.79 Å². The standard InChI is InChI=1S/C12H14O/c1-11(13)7-5-6-10-12-8-3-2-4-9-12/h2-4,6,8-10H,5,7H2,1H3/b10-6+/i1D3,7D2. The van der Waals surface area contributed by atoms with E-state index in [4.69, 9.17) is 6.85 Å². The zero-order valence-corrected chi connectivity index (χ0v) is 7.16. The van der Waals surface area contributed by atoms with Crippen LogP contribution >= 0.6 is 0 Å². The van der Waals surface area contributed by atoms with Crippen molar-refractivity contribution in [3.63, 3.8) is 0 Å². The van der Waals surface area contributed by atoms with Gasteiger partial charge in [0.25, 0.3) is 0 Å². The van der Waals surface area contributed by atoms with Gasteiger partial charge in [-0.2, -0.15) is 0 Å². The van der Waals surface area contributed by atoms with Crippen molar-refractivity contribution in [1.29, 1.82) is 0 Å². The smallest absolute Gasteiger partial charge is 0.130 e. The van der Waals surface area contributed by atoms with Crippen molar-refractivity contribution in [3.8, 4) is 0 Å². The number of benzene rings is 1. The lowest BCUT2D eigenvalue weighted by Gasteiger charge is -1.91. The highest BCUT2D eigenvalue weighted by atomic mass is 16.1. The van der Waals surface area contributed by atoms with Crippen LogP contribution in [0, 0.1) is 0 Å². The van der Waals surface area contributed by atoms with Crippen molar-refractivity contribution in [2.24, 2.45) is 0 Å². The molecule has 0 bridgehead atoms. The molecule has 13 heavy (non-hydrogen) atoms. The Balaban J connectivity index is 2.68. The van der Waals surface area contributed by atoms with Crippen molar-refractivity contribution >= 4 is 11.9 Å². The van der Waals surface area contributed by atoms with Crippen LogP contribution < -0.4 is 0 Å². The Hall–Kier alpha value is -1.37. The third-order valence-electron chi connectivity index (χ3n) is 1.49. The maximum absolute atomic E-state index is 11.4. The molecule has 0 saturated carbocycles. The Morgan fingerprint density at radius 1 is 1.54 bits per heavy atom. The monoisotopic (exact) mass is 179 g/mol. The van der Waals surface area contributed by atoms with Crippen LogP contribution in [-0.2, 0) is 4.79 Å². The second-order valence-corrected chi connectivity index (χ2v) is 2.52. The number of ketones is 1. The molecule has 0 N–H and O–H groups in total. The summed E-state index contributed by atoms with van der Waals surface area (Å²) in [4.78, 5) is 11.4. The minimum absolute atomic E-state index is 0.251. The van der Waals surface area contributed by atoms with Gasteiger partial charge in [-0.05, 0) is 18.8 Å². The molecule has 0 amide bonds. The van der Waals surface area contributed by atoms with Gasteiger partial charge in [-0.25, -0.2) is 0 Å². The van der Waals surface area contributed by atoms with Crippen LogP contribution in [0.5, 0.6) is 0 Å². The summed E-state index contributed by atoms with van der Waals surface area (Å²) < 4.78 is 35.7. The molecule has 1 heteroatoms. The number of carbonyl (C=O) groups is 1. The van der Waals surface area contributed by atoms with Gasteiger partial charge in [0.05, 0.1) is 0 Å². The van der Waals surface area contributed by atoms with Gasteiger partial charge in [0.15, 0.2) is 0 Å². The first kappa shape index (κ1) is 4.75. The zero-order valence-electron chi connectivity index (χ0n) is 12.2. The number of Topliss-reactive ketones (excluding diaryl/α,β-unsaturated/α-hetero) is 1. The Morgan fingerprint density at radius 3 is 3.00 bits per heavy atom. The SMILES string of the molecule is [2H]C([2H])([2H])C(=O)C([2H])([2H])C/C=C/c1ccccc1. The number of hydrogen-bond acceptors (Lipinski definition) is 1. The van der Waals surface area contributed by atoms with Crippen LogP contribution in [-0.4, -0.2) is 5.78 Å². The van der Waals surface area contributed by atoms with Gasteiger partial charge in [-0.3, -0.25) is 0 Å². The summed E-state index contributed by atoms with van der Waals surface area (Å²) in [5.74, 6) is -1.35. The van der Waals surface area contributed by atoms with Gasteiger partial charge >= 0.3 is 0 Å². The molecule has 0 aliphatic carbocycles. The second-order valence-electron chi connectivity index (χ2n) is 2.52. The average Bonchev–Trinajstić information content (AvgIpc) is 2.28.